The van der Waals surface area contributed by atoms with Crippen LogP contribution in [0.1, 0.15) is 33.6 Å². The maximum absolute atomic E-state index is 5.52. The van der Waals surface area contributed by atoms with Crippen molar-refractivity contribution >= 4 is 0 Å². The highest BCUT2D eigenvalue weighted by molar-refractivity contribution is 4.87. The van der Waals surface area contributed by atoms with E-state index in [9.17, 15) is 0 Å². The maximum atomic E-state index is 5.52. The third-order valence-corrected chi connectivity index (χ3v) is 2.89. The molecule has 2 nitrogen and oxygen atoms in total. The van der Waals surface area contributed by atoms with Crippen LogP contribution in [0.15, 0.2) is 0 Å². The molecule has 0 aromatic rings. The van der Waals surface area contributed by atoms with Gasteiger partial charge in [-0.05, 0) is 51.6 Å². The summed E-state index contributed by atoms with van der Waals surface area (Å²) in [7, 11) is 0. The Hall–Kier alpha value is -0.0800. The Morgan fingerprint density at radius 1 is 1.50 bits per heavy atom. The first-order chi connectivity index (χ1) is 5.55. The van der Waals surface area contributed by atoms with Crippen molar-refractivity contribution in [3.8, 4) is 0 Å². The van der Waals surface area contributed by atoms with E-state index in [0.717, 1.165) is 24.8 Å². The van der Waals surface area contributed by atoms with Gasteiger partial charge < -0.3 is 11.1 Å². The molecule has 3 N–H and O–H groups in total. The van der Waals surface area contributed by atoms with Crippen molar-refractivity contribution in [1.29, 1.82) is 0 Å². The van der Waals surface area contributed by atoms with E-state index in [1.54, 1.807) is 0 Å². The molecule has 0 aromatic heterocycles. The molecule has 0 heterocycles. The predicted octanol–water partition coefficient (Wildman–Crippen LogP) is 1.36. The fraction of sp³-hybridized carbons (Fsp3) is 1.00. The second-order valence-electron chi connectivity index (χ2n) is 4.78. The van der Waals surface area contributed by atoms with Gasteiger partial charge in [0.25, 0.3) is 0 Å². The first-order valence-electron chi connectivity index (χ1n) is 5.00. The second-order valence-corrected chi connectivity index (χ2v) is 4.78. The third-order valence-electron chi connectivity index (χ3n) is 2.89. The van der Waals surface area contributed by atoms with Crippen LogP contribution in [-0.2, 0) is 0 Å². The predicted molar refractivity (Wildman–Crippen MR) is 53.0 cm³/mol. The first kappa shape index (κ1) is 10.0. The minimum Gasteiger partial charge on any atom is -0.330 e. The number of nitrogens with two attached hydrogens (primary N) is 1. The Kier molecular flexibility index (Phi) is 3.13. The SMILES string of the molecule is CC1CC1CNC(C)(C)CCN. The summed E-state index contributed by atoms with van der Waals surface area (Å²) in [6.45, 7) is 8.73. The molecular weight excluding hydrogens is 148 g/mol. The zero-order valence-corrected chi connectivity index (χ0v) is 8.56. The van der Waals surface area contributed by atoms with Crippen LogP contribution < -0.4 is 11.1 Å². The molecule has 1 fully saturated rings. The Morgan fingerprint density at radius 2 is 2.08 bits per heavy atom. The van der Waals surface area contributed by atoms with Gasteiger partial charge in [0.1, 0.15) is 0 Å². The average molecular weight is 170 g/mol. The standard InChI is InChI=1S/C10H22N2/c1-8-6-9(8)7-12-10(2,3)4-5-11/h8-9,12H,4-7,11H2,1-3H3. The molecule has 1 aliphatic carbocycles. The van der Waals surface area contributed by atoms with Crippen LogP contribution in [0.3, 0.4) is 0 Å². The van der Waals surface area contributed by atoms with Gasteiger partial charge >= 0.3 is 0 Å². The summed E-state index contributed by atoms with van der Waals surface area (Å²) in [5, 5.41) is 3.57. The summed E-state index contributed by atoms with van der Waals surface area (Å²) in [4.78, 5) is 0. The van der Waals surface area contributed by atoms with Crippen LogP contribution in [0.4, 0.5) is 0 Å². The molecule has 0 bridgehead atoms. The topological polar surface area (TPSA) is 38.0 Å². The monoisotopic (exact) mass is 170 g/mol. The summed E-state index contributed by atoms with van der Waals surface area (Å²) in [6, 6.07) is 0. The lowest BCUT2D eigenvalue weighted by atomic mass is 10.0. The van der Waals surface area contributed by atoms with E-state index in [1.165, 1.54) is 13.0 Å². The van der Waals surface area contributed by atoms with E-state index in [1.807, 2.05) is 0 Å². The molecular formula is C10H22N2. The Morgan fingerprint density at radius 3 is 2.50 bits per heavy atom. The van der Waals surface area contributed by atoms with Crippen LogP contribution in [0.25, 0.3) is 0 Å². The van der Waals surface area contributed by atoms with Crippen LogP contribution in [0.2, 0.25) is 0 Å². The summed E-state index contributed by atoms with van der Waals surface area (Å²) in [5.41, 5.74) is 5.76. The first-order valence-corrected chi connectivity index (χ1v) is 5.00. The lowest BCUT2D eigenvalue weighted by Gasteiger charge is -2.25. The molecule has 0 aromatic carbocycles. The molecule has 1 aliphatic rings. The largest absolute Gasteiger partial charge is 0.330 e. The quantitative estimate of drug-likeness (QED) is 0.654. The molecule has 12 heavy (non-hydrogen) atoms. The Bertz CT molecular complexity index is 143. The van der Waals surface area contributed by atoms with Crippen molar-refractivity contribution in [2.24, 2.45) is 17.6 Å². The van der Waals surface area contributed by atoms with Crippen molar-refractivity contribution < 1.29 is 0 Å². The van der Waals surface area contributed by atoms with Crippen molar-refractivity contribution in [1.82, 2.24) is 5.32 Å². The minimum atomic E-state index is 0.233. The van der Waals surface area contributed by atoms with E-state index < -0.39 is 0 Å². The van der Waals surface area contributed by atoms with Gasteiger partial charge in [0.15, 0.2) is 0 Å². The van der Waals surface area contributed by atoms with Gasteiger partial charge in [-0.2, -0.15) is 0 Å². The van der Waals surface area contributed by atoms with Gasteiger partial charge in [-0.25, -0.2) is 0 Å². The normalized spacial score (nSPS) is 29.0. The van der Waals surface area contributed by atoms with E-state index in [4.69, 9.17) is 5.73 Å². The highest BCUT2D eigenvalue weighted by Crippen LogP contribution is 2.37. The van der Waals surface area contributed by atoms with Gasteiger partial charge in [0, 0.05) is 5.54 Å². The molecule has 2 atom stereocenters. The van der Waals surface area contributed by atoms with E-state index in [2.05, 4.69) is 26.1 Å². The van der Waals surface area contributed by atoms with E-state index in [-0.39, 0.29) is 5.54 Å². The van der Waals surface area contributed by atoms with Crippen LogP contribution in [0.5, 0.6) is 0 Å². The molecule has 72 valence electrons. The Balaban J connectivity index is 2.12. The number of hydrogen-bond acceptors (Lipinski definition) is 2. The molecule has 0 aliphatic heterocycles. The minimum absolute atomic E-state index is 0.233. The van der Waals surface area contributed by atoms with Crippen LogP contribution >= 0.6 is 0 Å². The van der Waals surface area contributed by atoms with Gasteiger partial charge in [-0.3, -0.25) is 0 Å². The maximum Gasteiger partial charge on any atom is 0.0137 e. The molecule has 0 saturated heterocycles. The number of rotatable bonds is 5. The fourth-order valence-corrected chi connectivity index (χ4v) is 1.54. The molecule has 0 radical (unpaired) electrons. The third kappa shape index (κ3) is 3.11. The molecule has 1 saturated carbocycles. The van der Waals surface area contributed by atoms with Crippen molar-refractivity contribution in [2.75, 3.05) is 13.1 Å². The number of hydrogen-bond donors (Lipinski definition) is 2. The van der Waals surface area contributed by atoms with Crippen LogP contribution in [-0.4, -0.2) is 18.6 Å². The van der Waals surface area contributed by atoms with Gasteiger partial charge in [0.05, 0.1) is 0 Å². The highest BCUT2D eigenvalue weighted by Gasteiger charge is 2.33. The smallest absolute Gasteiger partial charge is 0.0137 e. The van der Waals surface area contributed by atoms with E-state index >= 15 is 0 Å². The summed E-state index contributed by atoms with van der Waals surface area (Å²) in [6.07, 6.45) is 2.47. The van der Waals surface area contributed by atoms with Crippen molar-refractivity contribution in [3.63, 3.8) is 0 Å². The molecule has 0 spiro atoms. The average Bonchev–Trinajstić information content (AvgIpc) is 2.63. The fourth-order valence-electron chi connectivity index (χ4n) is 1.54. The van der Waals surface area contributed by atoms with Crippen LogP contribution in [0, 0.1) is 11.8 Å². The highest BCUT2D eigenvalue weighted by atomic mass is 15.0. The molecule has 2 unspecified atom stereocenters. The molecule has 1 rings (SSSR count). The zero-order valence-electron chi connectivity index (χ0n) is 8.56. The zero-order chi connectivity index (χ0) is 9.19. The summed E-state index contributed by atoms with van der Waals surface area (Å²) < 4.78 is 0. The van der Waals surface area contributed by atoms with Gasteiger partial charge in [-0.15, -0.1) is 0 Å². The molecule has 0 amide bonds. The molecule has 2 heteroatoms. The van der Waals surface area contributed by atoms with Gasteiger partial charge in [-0.1, -0.05) is 6.92 Å². The van der Waals surface area contributed by atoms with Crippen molar-refractivity contribution in [2.45, 2.75) is 39.2 Å². The van der Waals surface area contributed by atoms with Gasteiger partial charge in [0.2, 0.25) is 0 Å². The Labute approximate surface area is 75.9 Å². The lowest BCUT2D eigenvalue weighted by Crippen LogP contribution is -2.42. The lowest BCUT2D eigenvalue weighted by molar-refractivity contribution is 0.358. The second kappa shape index (κ2) is 3.75. The van der Waals surface area contributed by atoms with Crippen molar-refractivity contribution in [3.05, 3.63) is 0 Å². The number of nitrogens with one attached hydrogen (secondary N) is 1. The van der Waals surface area contributed by atoms with E-state index in [0.29, 0.717) is 0 Å². The summed E-state index contributed by atoms with van der Waals surface area (Å²) >= 11 is 0. The summed E-state index contributed by atoms with van der Waals surface area (Å²) in [5.74, 6) is 1.88.